The first-order valence-electron chi connectivity index (χ1n) is 6.97. The van der Waals surface area contributed by atoms with Crippen molar-refractivity contribution in [2.45, 2.75) is 57.1 Å². The summed E-state index contributed by atoms with van der Waals surface area (Å²) in [6.45, 7) is 3.27. The van der Waals surface area contributed by atoms with E-state index >= 15 is 0 Å². The second-order valence-electron chi connectivity index (χ2n) is 5.11. The van der Waals surface area contributed by atoms with Crippen LogP contribution in [0.2, 0.25) is 0 Å². The minimum Gasteiger partial charge on any atom is -0.377 e. The number of thiazole rings is 1. The van der Waals surface area contributed by atoms with E-state index in [0.29, 0.717) is 6.04 Å². The Morgan fingerprint density at radius 3 is 2.83 bits per heavy atom. The van der Waals surface area contributed by atoms with Gasteiger partial charge in [0.25, 0.3) is 0 Å². The summed E-state index contributed by atoms with van der Waals surface area (Å²) in [6, 6.07) is 0.399. The van der Waals surface area contributed by atoms with Crippen molar-refractivity contribution in [3.8, 4) is 0 Å². The fourth-order valence-electron chi connectivity index (χ4n) is 2.96. The third-order valence-corrected chi connectivity index (χ3v) is 4.80. The fraction of sp³-hybridized carbons (Fsp3) is 0.786. The third kappa shape index (κ3) is 3.11. The molecule has 4 heteroatoms. The molecule has 1 unspecified atom stereocenters. The van der Waals surface area contributed by atoms with Gasteiger partial charge in [0.15, 0.2) is 0 Å². The maximum Gasteiger partial charge on any atom is 0.0941 e. The normalized spacial score (nSPS) is 20.1. The van der Waals surface area contributed by atoms with E-state index in [4.69, 9.17) is 4.74 Å². The topological polar surface area (TPSA) is 34.2 Å². The van der Waals surface area contributed by atoms with Gasteiger partial charge in [-0.3, -0.25) is 0 Å². The summed E-state index contributed by atoms with van der Waals surface area (Å²) in [6.07, 6.45) is 8.98. The number of ether oxygens (including phenoxy) is 1. The third-order valence-electron chi connectivity index (χ3n) is 3.99. The first kappa shape index (κ1) is 14.0. The van der Waals surface area contributed by atoms with Crippen LogP contribution in [-0.2, 0) is 11.2 Å². The maximum absolute atomic E-state index is 5.92. The molecular formula is C14H24N2OS. The van der Waals surface area contributed by atoms with E-state index in [1.54, 1.807) is 11.3 Å². The second kappa shape index (κ2) is 6.64. The van der Waals surface area contributed by atoms with Crippen LogP contribution < -0.4 is 5.32 Å². The van der Waals surface area contributed by atoms with Crippen molar-refractivity contribution < 1.29 is 4.74 Å². The molecule has 1 fully saturated rings. The van der Waals surface area contributed by atoms with Crippen LogP contribution in [0, 0.1) is 0 Å². The highest BCUT2D eigenvalue weighted by atomic mass is 32.1. The molecule has 0 saturated heterocycles. The first-order valence-corrected chi connectivity index (χ1v) is 7.85. The van der Waals surface area contributed by atoms with E-state index < -0.39 is 0 Å². The van der Waals surface area contributed by atoms with Gasteiger partial charge in [0.1, 0.15) is 0 Å². The fourth-order valence-corrected chi connectivity index (χ4v) is 3.62. The van der Waals surface area contributed by atoms with Gasteiger partial charge in [0.2, 0.25) is 0 Å². The predicted octanol–water partition coefficient (Wildman–Crippen LogP) is 3.01. The van der Waals surface area contributed by atoms with Crippen LogP contribution in [0.4, 0.5) is 0 Å². The van der Waals surface area contributed by atoms with Crippen LogP contribution in [0.15, 0.2) is 11.6 Å². The molecule has 1 aliphatic carbocycles. The van der Waals surface area contributed by atoms with Gasteiger partial charge in [0.05, 0.1) is 10.6 Å². The van der Waals surface area contributed by atoms with Crippen LogP contribution in [0.1, 0.15) is 44.0 Å². The van der Waals surface area contributed by atoms with Crippen molar-refractivity contribution >= 4 is 11.3 Å². The van der Waals surface area contributed by atoms with Crippen LogP contribution in [-0.4, -0.2) is 30.3 Å². The highest BCUT2D eigenvalue weighted by molar-refractivity contribution is 7.09. The molecule has 1 aromatic rings. The van der Waals surface area contributed by atoms with Gasteiger partial charge in [-0.2, -0.15) is 0 Å². The summed E-state index contributed by atoms with van der Waals surface area (Å²) in [7, 11) is 1.87. The number of rotatable bonds is 7. The van der Waals surface area contributed by atoms with Gasteiger partial charge in [-0.25, -0.2) is 4.98 Å². The first-order chi connectivity index (χ1) is 8.80. The molecule has 0 bridgehead atoms. The summed E-state index contributed by atoms with van der Waals surface area (Å²) < 4.78 is 5.92. The Bertz CT molecular complexity index is 334. The summed E-state index contributed by atoms with van der Waals surface area (Å²) in [5.74, 6) is 0. The van der Waals surface area contributed by atoms with Crippen LogP contribution in [0.25, 0.3) is 0 Å². The SMILES string of the molecule is CCCNC(Cc1nccs1)C1(OC)CCCC1. The van der Waals surface area contributed by atoms with Gasteiger partial charge in [0, 0.05) is 31.1 Å². The quantitative estimate of drug-likeness (QED) is 0.825. The summed E-state index contributed by atoms with van der Waals surface area (Å²) >= 11 is 1.75. The zero-order chi connectivity index (χ0) is 12.8. The van der Waals surface area contributed by atoms with Crippen molar-refractivity contribution in [2.75, 3.05) is 13.7 Å². The molecule has 3 nitrogen and oxygen atoms in total. The Balaban J connectivity index is 2.07. The minimum atomic E-state index is 0.0286. The molecule has 1 heterocycles. The van der Waals surface area contributed by atoms with E-state index in [2.05, 4.69) is 22.6 Å². The smallest absolute Gasteiger partial charge is 0.0941 e. The summed E-state index contributed by atoms with van der Waals surface area (Å²) in [4.78, 5) is 4.42. The number of hydrogen-bond acceptors (Lipinski definition) is 4. The molecule has 1 saturated carbocycles. The lowest BCUT2D eigenvalue weighted by Crippen LogP contribution is -2.52. The van der Waals surface area contributed by atoms with Gasteiger partial charge < -0.3 is 10.1 Å². The Hall–Kier alpha value is -0.450. The molecule has 102 valence electrons. The number of nitrogens with one attached hydrogen (secondary N) is 1. The lowest BCUT2D eigenvalue weighted by Gasteiger charge is -2.36. The van der Waals surface area contributed by atoms with E-state index in [-0.39, 0.29) is 5.60 Å². The molecular weight excluding hydrogens is 244 g/mol. The van der Waals surface area contributed by atoms with E-state index in [1.807, 2.05) is 13.3 Å². The molecule has 0 amide bonds. The van der Waals surface area contributed by atoms with E-state index in [9.17, 15) is 0 Å². The average Bonchev–Trinajstić information content (AvgIpc) is 3.05. The van der Waals surface area contributed by atoms with Crippen LogP contribution >= 0.6 is 11.3 Å². The monoisotopic (exact) mass is 268 g/mol. The van der Waals surface area contributed by atoms with E-state index in [0.717, 1.165) is 19.4 Å². The predicted molar refractivity (Wildman–Crippen MR) is 76.1 cm³/mol. The highest BCUT2D eigenvalue weighted by Crippen LogP contribution is 2.37. The molecule has 18 heavy (non-hydrogen) atoms. The molecule has 1 aliphatic rings. The molecule has 0 radical (unpaired) electrons. The van der Waals surface area contributed by atoms with Gasteiger partial charge in [-0.1, -0.05) is 19.8 Å². The van der Waals surface area contributed by atoms with Crippen LogP contribution in [0.5, 0.6) is 0 Å². The van der Waals surface area contributed by atoms with Crippen molar-refractivity contribution in [2.24, 2.45) is 0 Å². The molecule has 1 atom stereocenters. The van der Waals surface area contributed by atoms with Gasteiger partial charge >= 0.3 is 0 Å². The number of aromatic nitrogens is 1. The largest absolute Gasteiger partial charge is 0.377 e. The molecule has 1 N–H and O–H groups in total. The second-order valence-corrected chi connectivity index (χ2v) is 6.09. The van der Waals surface area contributed by atoms with Crippen molar-refractivity contribution in [1.82, 2.24) is 10.3 Å². The molecule has 0 aliphatic heterocycles. The summed E-state index contributed by atoms with van der Waals surface area (Å²) in [5.41, 5.74) is 0.0286. The minimum absolute atomic E-state index is 0.0286. The lowest BCUT2D eigenvalue weighted by atomic mass is 9.89. The highest BCUT2D eigenvalue weighted by Gasteiger charge is 2.41. The average molecular weight is 268 g/mol. The Kier molecular flexibility index (Phi) is 5.15. The zero-order valence-corrected chi connectivity index (χ0v) is 12.3. The van der Waals surface area contributed by atoms with Crippen molar-refractivity contribution in [3.63, 3.8) is 0 Å². The maximum atomic E-state index is 5.92. The molecule has 2 rings (SSSR count). The number of methoxy groups -OCH3 is 1. The lowest BCUT2D eigenvalue weighted by molar-refractivity contribution is -0.0354. The van der Waals surface area contributed by atoms with E-state index in [1.165, 1.54) is 30.7 Å². The molecule has 0 aromatic carbocycles. The standard InChI is InChI=1S/C14H24N2OS/c1-3-8-15-12(11-13-16-9-10-18-13)14(17-2)6-4-5-7-14/h9-10,12,15H,3-8,11H2,1-2H3. The zero-order valence-electron chi connectivity index (χ0n) is 11.4. The number of hydrogen-bond donors (Lipinski definition) is 1. The van der Waals surface area contributed by atoms with Crippen molar-refractivity contribution in [1.29, 1.82) is 0 Å². The van der Waals surface area contributed by atoms with Crippen molar-refractivity contribution in [3.05, 3.63) is 16.6 Å². The molecule has 1 aromatic heterocycles. The van der Waals surface area contributed by atoms with Gasteiger partial charge in [-0.05, 0) is 25.8 Å². The Morgan fingerprint density at radius 2 is 2.28 bits per heavy atom. The van der Waals surface area contributed by atoms with Crippen LogP contribution in [0.3, 0.4) is 0 Å². The Labute approximate surface area is 114 Å². The van der Waals surface area contributed by atoms with Gasteiger partial charge in [-0.15, -0.1) is 11.3 Å². The molecule has 0 spiro atoms. The number of nitrogens with zero attached hydrogens (tertiary/aromatic N) is 1. The summed E-state index contributed by atoms with van der Waals surface area (Å²) in [5, 5.41) is 6.95. The Morgan fingerprint density at radius 1 is 1.50 bits per heavy atom.